The first-order valence-corrected chi connectivity index (χ1v) is 11.5. The summed E-state index contributed by atoms with van der Waals surface area (Å²) in [6.07, 6.45) is 0. The first-order chi connectivity index (χ1) is 14.3. The number of carbonyl (C=O) groups is 1. The lowest BCUT2D eigenvalue weighted by Gasteiger charge is -2.34. The second kappa shape index (κ2) is 7.98. The minimum absolute atomic E-state index is 0.0939. The third-order valence-electron chi connectivity index (χ3n) is 5.37. The number of sulfonamides is 1. The highest BCUT2D eigenvalue weighted by molar-refractivity contribution is 7.89. The Morgan fingerprint density at radius 2 is 1.70 bits per heavy atom. The van der Waals surface area contributed by atoms with E-state index in [0.717, 1.165) is 16.5 Å². The van der Waals surface area contributed by atoms with E-state index in [4.69, 9.17) is 11.6 Å². The SMILES string of the molecule is Cc1ccc2nc(C)c(C(=O)N3CCN(S(=O)(=O)c4ccccc4Cl)CC3)cc2c1. The van der Waals surface area contributed by atoms with Crippen molar-refractivity contribution < 1.29 is 13.2 Å². The average molecular weight is 444 g/mol. The lowest BCUT2D eigenvalue weighted by molar-refractivity contribution is 0.0697. The van der Waals surface area contributed by atoms with Crippen LogP contribution in [0.5, 0.6) is 0 Å². The van der Waals surface area contributed by atoms with Crippen LogP contribution in [-0.2, 0) is 10.0 Å². The number of aryl methyl sites for hydroxylation is 2. The number of carbonyl (C=O) groups excluding carboxylic acids is 1. The molecule has 0 spiro atoms. The molecular formula is C22H22ClN3O3S. The van der Waals surface area contributed by atoms with Crippen molar-refractivity contribution in [2.45, 2.75) is 18.7 Å². The number of fused-ring (bicyclic) bond motifs is 1. The molecule has 2 aromatic carbocycles. The maximum atomic E-state index is 13.1. The molecule has 2 heterocycles. The Morgan fingerprint density at radius 1 is 1.00 bits per heavy atom. The lowest BCUT2D eigenvalue weighted by atomic mass is 10.1. The van der Waals surface area contributed by atoms with Crippen molar-refractivity contribution in [2.75, 3.05) is 26.2 Å². The molecule has 0 saturated carbocycles. The van der Waals surface area contributed by atoms with Gasteiger partial charge in [0.15, 0.2) is 0 Å². The van der Waals surface area contributed by atoms with Crippen LogP contribution in [0.2, 0.25) is 5.02 Å². The van der Waals surface area contributed by atoms with Gasteiger partial charge in [-0.2, -0.15) is 4.31 Å². The molecule has 156 valence electrons. The highest BCUT2D eigenvalue weighted by Gasteiger charge is 2.32. The van der Waals surface area contributed by atoms with Crippen LogP contribution in [0, 0.1) is 13.8 Å². The Hall–Kier alpha value is -2.48. The number of rotatable bonds is 3. The molecule has 0 atom stereocenters. The molecule has 4 rings (SSSR count). The number of piperazine rings is 1. The van der Waals surface area contributed by atoms with Crippen molar-refractivity contribution in [1.82, 2.24) is 14.2 Å². The number of halogens is 1. The monoisotopic (exact) mass is 443 g/mol. The van der Waals surface area contributed by atoms with Gasteiger partial charge in [-0.1, -0.05) is 35.4 Å². The van der Waals surface area contributed by atoms with Gasteiger partial charge in [0.25, 0.3) is 5.91 Å². The summed E-state index contributed by atoms with van der Waals surface area (Å²) in [5.74, 6) is -0.127. The summed E-state index contributed by atoms with van der Waals surface area (Å²) in [4.78, 5) is 19.5. The molecule has 1 saturated heterocycles. The fourth-order valence-corrected chi connectivity index (χ4v) is 5.62. The molecule has 0 radical (unpaired) electrons. The third-order valence-corrected chi connectivity index (χ3v) is 7.77. The van der Waals surface area contributed by atoms with E-state index in [1.54, 1.807) is 23.1 Å². The molecular weight excluding hydrogens is 422 g/mol. The van der Waals surface area contributed by atoms with Gasteiger partial charge < -0.3 is 4.90 Å². The predicted molar refractivity (Wildman–Crippen MR) is 117 cm³/mol. The first-order valence-electron chi connectivity index (χ1n) is 9.69. The third kappa shape index (κ3) is 3.80. The van der Waals surface area contributed by atoms with Gasteiger partial charge in [-0.25, -0.2) is 8.42 Å². The number of nitrogens with zero attached hydrogens (tertiary/aromatic N) is 3. The van der Waals surface area contributed by atoms with E-state index in [9.17, 15) is 13.2 Å². The molecule has 1 aromatic heterocycles. The molecule has 0 unspecified atom stereocenters. The molecule has 1 amide bonds. The fourth-order valence-electron chi connectivity index (χ4n) is 3.70. The Labute approximate surface area is 181 Å². The molecule has 0 bridgehead atoms. The number of pyridine rings is 1. The number of hydrogen-bond acceptors (Lipinski definition) is 4. The topological polar surface area (TPSA) is 70.6 Å². The molecule has 8 heteroatoms. The summed E-state index contributed by atoms with van der Waals surface area (Å²) in [6.45, 7) is 4.89. The second-order valence-electron chi connectivity index (χ2n) is 7.44. The van der Waals surface area contributed by atoms with Gasteiger partial charge in [0.05, 0.1) is 21.8 Å². The predicted octanol–water partition coefficient (Wildman–Crippen LogP) is 3.65. The standard InChI is InChI=1S/C22H22ClN3O3S/c1-15-7-8-20-17(13-15)14-18(16(2)24-20)22(27)25-9-11-26(12-10-25)30(28,29)21-6-4-3-5-19(21)23/h3-8,13-14H,9-12H2,1-2H3. The number of benzene rings is 2. The summed E-state index contributed by atoms with van der Waals surface area (Å²) in [5.41, 5.74) is 3.17. The Morgan fingerprint density at radius 3 is 2.40 bits per heavy atom. The van der Waals surface area contributed by atoms with Crippen molar-refractivity contribution in [2.24, 2.45) is 0 Å². The van der Waals surface area contributed by atoms with Crippen LogP contribution in [0.3, 0.4) is 0 Å². The lowest BCUT2D eigenvalue weighted by Crippen LogP contribution is -2.50. The normalized spacial score (nSPS) is 15.5. The van der Waals surface area contributed by atoms with Crippen LogP contribution >= 0.6 is 11.6 Å². The zero-order chi connectivity index (χ0) is 21.5. The quantitative estimate of drug-likeness (QED) is 0.619. The molecule has 1 fully saturated rings. The van der Waals surface area contributed by atoms with Gasteiger partial charge in [-0.05, 0) is 44.2 Å². The highest BCUT2D eigenvalue weighted by atomic mass is 35.5. The molecule has 30 heavy (non-hydrogen) atoms. The van der Waals surface area contributed by atoms with Gasteiger partial charge in [-0.3, -0.25) is 9.78 Å². The van der Waals surface area contributed by atoms with E-state index in [1.165, 1.54) is 10.4 Å². The summed E-state index contributed by atoms with van der Waals surface area (Å²) in [5, 5.41) is 1.12. The Kier molecular flexibility index (Phi) is 5.53. The maximum Gasteiger partial charge on any atom is 0.255 e. The van der Waals surface area contributed by atoms with Gasteiger partial charge >= 0.3 is 0 Å². The molecule has 0 N–H and O–H groups in total. The van der Waals surface area contributed by atoms with Crippen LogP contribution < -0.4 is 0 Å². The van der Waals surface area contributed by atoms with Crippen LogP contribution in [0.4, 0.5) is 0 Å². The molecule has 1 aliphatic rings. The Balaban J connectivity index is 1.53. The van der Waals surface area contributed by atoms with E-state index in [-0.39, 0.29) is 28.9 Å². The summed E-state index contributed by atoms with van der Waals surface area (Å²) >= 11 is 6.09. The van der Waals surface area contributed by atoms with Crippen LogP contribution in [0.15, 0.2) is 53.4 Å². The summed E-state index contributed by atoms with van der Waals surface area (Å²) < 4.78 is 27.2. The van der Waals surface area contributed by atoms with Crippen LogP contribution in [0.25, 0.3) is 10.9 Å². The minimum atomic E-state index is -3.70. The molecule has 6 nitrogen and oxygen atoms in total. The summed E-state index contributed by atoms with van der Waals surface area (Å²) in [7, 11) is -3.70. The first kappa shape index (κ1) is 20.8. The van der Waals surface area contributed by atoms with Gasteiger partial charge in [0, 0.05) is 31.6 Å². The zero-order valence-corrected chi connectivity index (χ0v) is 18.4. The fraction of sp³-hybridized carbons (Fsp3) is 0.273. The zero-order valence-electron chi connectivity index (χ0n) is 16.8. The van der Waals surface area contributed by atoms with Crippen LogP contribution in [0.1, 0.15) is 21.6 Å². The highest BCUT2D eigenvalue weighted by Crippen LogP contribution is 2.26. The van der Waals surface area contributed by atoms with Crippen molar-refractivity contribution >= 4 is 38.4 Å². The van der Waals surface area contributed by atoms with Gasteiger partial charge in [0.2, 0.25) is 10.0 Å². The van der Waals surface area contributed by atoms with Gasteiger partial charge in [-0.15, -0.1) is 0 Å². The molecule has 3 aromatic rings. The number of hydrogen-bond donors (Lipinski definition) is 0. The molecule has 1 aliphatic heterocycles. The number of amides is 1. The Bertz CT molecular complexity index is 1240. The summed E-state index contributed by atoms with van der Waals surface area (Å²) in [6, 6.07) is 14.2. The molecule has 0 aliphatic carbocycles. The largest absolute Gasteiger partial charge is 0.336 e. The van der Waals surface area contributed by atoms with Crippen molar-refractivity contribution in [3.05, 3.63) is 70.4 Å². The minimum Gasteiger partial charge on any atom is -0.336 e. The van der Waals surface area contributed by atoms with E-state index >= 15 is 0 Å². The van der Waals surface area contributed by atoms with Gasteiger partial charge in [0.1, 0.15) is 4.90 Å². The van der Waals surface area contributed by atoms with E-state index in [0.29, 0.717) is 24.3 Å². The van der Waals surface area contributed by atoms with Crippen molar-refractivity contribution in [1.29, 1.82) is 0 Å². The van der Waals surface area contributed by atoms with E-state index in [2.05, 4.69) is 4.98 Å². The number of aromatic nitrogens is 1. The van der Waals surface area contributed by atoms with Crippen LogP contribution in [-0.4, -0.2) is 54.7 Å². The smallest absolute Gasteiger partial charge is 0.255 e. The van der Waals surface area contributed by atoms with E-state index < -0.39 is 10.0 Å². The maximum absolute atomic E-state index is 13.1. The average Bonchev–Trinajstić information content (AvgIpc) is 2.73. The van der Waals surface area contributed by atoms with Crippen molar-refractivity contribution in [3.8, 4) is 0 Å². The van der Waals surface area contributed by atoms with Crippen molar-refractivity contribution in [3.63, 3.8) is 0 Å². The second-order valence-corrected chi connectivity index (χ2v) is 9.76. The van der Waals surface area contributed by atoms with E-state index in [1.807, 2.05) is 38.1 Å².